The van der Waals surface area contributed by atoms with Gasteiger partial charge >= 0.3 is 0 Å². The van der Waals surface area contributed by atoms with Crippen LogP contribution >= 0.6 is 0 Å². The molecule has 0 N–H and O–H groups in total. The highest BCUT2D eigenvalue weighted by Gasteiger charge is 2.24. The monoisotopic (exact) mass is 627 g/mol. The maximum Gasteiger partial charge on any atom is 0.145 e. The molecule has 0 saturated carbocycles. The number of para-hydroxylation sites is 2. The summed E-state index contributed by atoms with van der Waals surface area (Å²) >= 11 is 0. The van der Waals surface area contributed by atoms with Crippen LogP contribution in [0.25, 0.3) is 76.9 Å². The lowest BCUT2D eigenvalue weighted by Crippen LogP contribution is -2.11. The van der Waals surface area contributed by atoms with Crippen molar-refractivity contribution in [2.24, 2.45) is 0 Å². The summed E-state index contributed by atoms with van der Waals surface area (Å²) in [5, 5.41) is 6.78. The third-order valence-corrected chi connectivity index (χ3v) is 9.68. The fraction of sp³-hybridized carbons (Fsp3) is 0. The second-order valence-corrected chi connectivity index (χ2v) is 12.5. The first-order valence-corrected chi connectivity index (χ1v) is 16.6. The molecule has 49 heavy (non-hydrogen) atoms. The van der Waals surface area contributed by atoms with E-state index in [1.54, 1.807) is 0 Å². The van der Waals surface area contributed by atoms with Gasteiger partial charge in [0.25, 0.3) is 0 Å². The molecule has 0 radical (unpaired) electrons. The van der Waals surface area contributed by atoms with Crippen LogP contribution in [0.3, 0.4) is 0 Å². The maximum atomic E-state index is 6.72. The van der Waals surface area contributed by atoms with Gasteiger partial charge in [0.1, 0.15) is 22.3 Å². The van der Waals surface area contributed by atoms with Gasteiger partial charge in [0.05, 0.1) is 22.1 Å². The maximum absolute atomic E-state index is 6.72. The molecule has 2 aromatic heterocycles. The molecule has 0 atom stereocenters. The van der Waals surface area contributed by atoms with Crippen molar-refractivity contribution in [2.45, 2.75) is 0 Å². The minimum Gasteiger partial charge on any atom is -0.456 e. The summed E-state index contributed by atoms with van der Waals surface area (Å²) in [6.07, 6.45) is 0. The van der Waals surface area contributed by atoms with Crippen molar-refractivity contribution in [3.8, 4) is 22.3 Å². The Morgan fingerprint density at radius 2 is 0.939 bits per heavy atom. The largest absolute Gasteiger partial charge is 0.456 e. The van der Waals surface area contributed by atoms with E-state index in [-0.39, 0.29) is 0 Å². The van der Waals surface area contributed by atoms with E-state index >= 15 is 0 Å². The first kappa shape index (κ1) is 27.5. The molecule has 0 aliphatic carbocycles. The lowest BCUT2D eigenvalue weighted by molar-refractivity contribution is 0.669. The third kappa shape index (κ3) is 4.37. The van der Waals surface area contributed by atoms with Crippen LogP contribution in [0, 0.1) is 0 Å². The van der Waals surface area contributed by atoms with Crippen molar-refractivity contribution in [2.75, 3.05) is 4.90 Å². The molecule has 3 heteroatoms. The van der Waals surface area contributed by atoms with Gasteiger partial charge in [0, 0.05) is 22.0 Å². The summed E-state index contributed by atoms with van der Waals surface area (Å²) in [5.41, 5.74) is 11.1. The number of furan rings is 2. The Morgan fingerprint density at radius 1 is 0.347 bits per heavy atom. The average Bonchev–Trinajstić information content (AvgIpc) is 3.75. The molecule has 0 saturated heterocycles. The minimum absolute atomic E-state index is 0.852. The van der Waals surface area contributed by atoms with Crippen molar-refractivity contribution in [1.82, 2.24) is 0 Å². The Morgan fingerprint density at radius 3 is 1.76 bits per heavy atom. The summed E-state index contributed by atoms with van der Waals surface area (Å²) in [6, 6.07) is 61.9. The van der Waals surface area contributed by atoms with Crippen molar-refractivity contribution < 1.29 is 8.83 Å². The van der Waals surface area contributed by atoms with E-state index < -0.39 is 0 Å². The molecule has 0 fully saturated rings. The first-order valence-electron chi connectivity index (χ1n) is 16.6. The Hall–Kier alpha value is -6.58. The van der Waals surface area contributed by atoms with Gasteiger partial charge in [-0.2, -0.15) is 0 Å². The molecular weight excluding hydrogens is 599 g/mol. The summed E-state index contributed by atoms with van der Waals surface area (Å²) < 4.78 is 13.1. The van der Waals surface area contributed by atoms with Crippen molar-refractivity contribution >= 4 is 71.7 Å². The standard InChI is InChI=1S/C46H29NO2/c1-2-12-31(13-3-1)36-28-29-40(45-38-18-7-9-22-42(38)49-46(36)45)47(39-20-11-23-43-44(39)37-17-6-8-21-41(37)48-43)33-26-24-32(25-27-33)35-19-10-15-30-14-4-5-16-34(30)35/h1-29H. The van der Waals surface area contributed by atoms with E-state index in [0.29, 0.717) is 0 Å². The fourth-order valence-electron chi connectivity index (χ4n) is 7.46. The molecular formula is C46H29NO2. The molecule has 0 amide bonds. The van der Waals surface area contributed by atoms with Crippen LogP contribution in [0.15, 0.2) is 185 Å². The smallest absolute Gasteiger partial charge is 0.145 e. The Labute approximate surface area is 282 Å². The number of hydrogen-bond acceptors (Lipinski definition) is 3. The van der Waals surface area contributed by atoms with E-state index in [1.807, 2.05) is 24.3 Å². The summed E-state index contributed by atoms with van der Waals surface area (Å²) in [4.78, 5) is 2.37. The second kappa shape index (κ2) is 11.0. The van der Waals surface area contributed by atoms with Crippen LogP contribution in [-0.2, 0) is 0 Å². The lowest BCUT2D eigenvalue weighted by Gasteiger charge is -2.27. The number of benzene rings is 8. The fourth-order valence-corrected chi connectivity index (χ4v) is 7.46. The van der Waals surface area contributed by atoms with E-state index in [2.05, 4.69) is 157 Å². The average molecular weight is 628 g/mol. The van der Waals surface area contributed by atoms with Crippen molar-refractivity contribution in [3.63, 3.8) is 0 Å². The zero-order valence-corrected chi connectivity index (χ0v) is 26.5. The van der Waals surface area contributed by atoms with Crippen LogP contribution in [-0.4, -0.2) is 0 Å². The van der Waals surface area contributed by atoms with Crippen LogP contribution < -0.4 is 4.90 Å². The molecule has 8 aromatic carbocycles. The zero-order chi connectivity index (χ0) is 32.3. The quantitative estimate of drug-likeness (QED) is 0.190. The van der Waals surface area contributed by atoms with Gasteiger partial charge in [-0.25, -0.2) is 0 Å². The highest BCUT2D eigenvalue weighted by molar-refractivity contribution is 6.20. The molecule has 2 heterocycles. The van der Waals surface area contributed by atoms with Gasteiger partial charge in [-0.1, -0.05) is 127 Å². The molecule has 0 bridgehead atoms. The minimum atomic E-state index is 0.852. The Balaban J connectivity index is 1.26. The molecule has 0 spiro atoms. The van der Waals surface area contributed by atoms with Crippen molar-refractivity contribution in [1.29, 1.82) is 0 Å². The van der Waals surface area contributed by atoms with Crippen molar-refractivity contribution in [3.05, 3.63) is 176 Å². The number of rotatable bonds is 5. The van der Waals surface area contributed by atoms with Gasteiger partial charge in [-0.05, 0) is 76.0 Å². The number of hydrogen-bond donors (Lipinski definition) is 0. The molecule has 230 valence electrons. The third-order valence-electron chi connectivity index (χ3n) is 9.68. The molecule has 3 nitrogen and oxygen atoms in total. The predicted molar refractivity (Wildman–Crippen MR) is 204 cm³/mol. The van der Waals surface area contributed by atoms with Gasteiger partial charge in [0.2, 0.25) is 0 Å². The highest BCUT2D eigenvalue weighted by atomic mass is 16.3. The van der Waals surface area contributed by atoms with E-state index in [4.69, 9.17) is 8.83 Å². The van der Waals surface area contributed by atoms with Crippen LogP contribution in [0.1, 0.15) is 0 Å². The van der Waals surface area contributed by atoms with Crippen LogP contribution in [0.5, 0.6) is 0 Å². The van der Waals surface area contributed by atoms with E-state index in [9.17, 15) is 0 Å². The predicted octanol–water partition coefficient (Wildman–Crippen LogP) is 13.4. The van der Waals surface area contributed by atoms with E-state index in [1.165, 1.54) is 21.9 Å². The highest BCUT2D eigenvalue weighted by Crippen LogP contribution is 2.49. The van der Waals surface area contributed by atoms with Crippen LogP contribution in [0.4, 0.5) is 17.1 Å². The number of anilines is 3. The number of fused-ring (bicyclic) bond motifs is 7. The van der Waals surface area contributed by atoms with Gasteiger partial charge in [-0.15, -0.1) is 0 Å². The molecule has 10 aromatic rings. The summed E-state index contributed by atoms with van der Waals surface area (Å²) in [7, 11) is 0. The molecule has 0 aliphatic rings. The summed E-state index contributed by atoms with van der Waals surface area (Å²) in [5.74, 6) is 0. The Kier molecular flexibility index (Phi) is 6.18. The van der Waals surface area contributed by atoms with Crippen LogP contribution in [0.2, 0.25) is 0 Å². The van der Waals surface area contributed by atoms with Gasteiger partial charge < -0.3 is 13.7 Å². The van der Waals surface area contributed by atoms with Gasteiger partial charge in [0.15, 0.2) is 0 Å². The molecule has 10 rings (SSSR count). The second-order valence-electron chi connectivity index (χ2n) is 12.5. The SMILES string of the molecule is c1ccc(-c2ccc(N(c3ccc(-c4cccc5ccccc45)cc3)c3cccc4oc5ccccc5c34)c3c2oc2ccccc23)cc1. The molecule has 0 aliphatic heterocycles. The topological polar surface area (TPSA) is 29.5 Å². The van der Waals surface area contributed by atoms with Gasteiger partial charge in [-0.3, -0.25) is 0 Å². The lowest BCUT2D eigenvalue weighted by atomic mass is 9.97. The zero-order valence-electron chi connectivity index (χ0n) is 26.5. The number of nitrogens with zero attached hydrogens (tertiary/aromatic N) is 1. The normalized spacial score (nSPS) is 11.7. The molecule has 0 unspecified atom stereocenters. The Bertz CT molecular complexity index is 2820. The summed E-state index contributed by atoms with van der Waals surface area (Å²) in [6.45, 7) is 0. The first-order chi connectivity index (χ1) is 24.3. The van der Waals surface area contributed by atoms with E-state index in [0.717, 1.165) is 72.1 Å².